The minimum absolute atomic E-state index is 0.0411. The Balaban J connectivity index is 1.55. The molecule has 4 rings (SSSR count). The first-order valence-electron chi connectivity index (χ1n) is 8.59. The third kappa shape index (κ3) is 3.05. The SMILES string of the molecule is COc1ccc(CN2CCc3nc4cc(C)[nH]n4c(=O)c3CC2)cc1. The standard InChI is InChI=1S/C19H22N4O2/c1-13-11-18-20-17-8-10-22(9-7-16(17)19(24)23(18)21-13)12-14-3-5-15(25-2)6-4-14/h3-6,11,21H,7-10,12H2,1-2H3. The summed E-state index contributed by atoms with van der Waals surface area (Å²) in [6, 6.07) is 10.1. The van der Waals surface area contributed by atoms with Gasteiger partial charge in [-0.15, -0.1) is 0 Å². The Morgan fingerprint density at radius 3 is 2.72 bits per heavy atom. The van der Waals surface area contributed by atoms with Gasteiger partial charge in [0.1, 0.15) is 5.75 Å². The van der Waals surface area contributed by atoms with Crippen LogP contribution in [0.4, 0.5) is 0 Å². The zero-order valence-corrected chi connectivity index (χ0v) is 14.6. The van der Waals surface area contributed by atoms with Crippen molar-refractivity contribution < 1.29 is 4.74 Å². The monoisotopic (exact) mass is 338 g/mol. The molecule has 130 valence electrons. The van der Waals surface area contributed by atoms with Crippen LogP contribution in [0.25, 0.3) is 5.65 Å². The maximum atomic E-state index is 12.7. The molecule has 1 N–H and O–H groups in total. The Labute approximate surface area is 146 Å². The molecule has 25 heavy (non-hydrogen) atoms. The molecule has 0 spiro atoms. The summed E-state index contributed by atoms with van der Waals surface area (Å²) in [5.74, 6) is 0.870. The highest BCUT2D eigenvalue weighted by Gasteiger charge is 2.20. The Bertz CT molecular complexity index is 956. The lowest BCUT2D eigenvalue weighted by atomic mass is 10.1. The van der Waals surface area contributed by atoms with E-state index >= 15 is 0 Å². The molecule has 2 aromatic heterocycles. The lowest BCUT2D eigenvalue weighted by Gasteiger charge is -2.19. The summed E-state index contributed by atoms with van der Waals surface area (Å²) in [5, 5.41) is 3.08. The quantitative estimate of drug-likeness (QED) is 0.793. The van der Waals surface area contributed by atoms with Crippen LogP contribution in [0.1, 0.15) is 22.5 Å². The van der Waals surface area contributed by atoms with Gasteiger partial charge in [-0.05, 0) is 31.0 Å². The summed E-state index contributed by atoms with van der Waals surface area (Å²) in [4.78, 5) is 19.8. The van der Waals surface area contributed by atoms with E-state index < -0.39 is 0 Å². The van der Waals surface area contributed by atoms with Gasteiger partial charge < -0.3 is 4.74 Å². The van der Waals surface area contributed by atoms with E-state index in [0.29, 0.717) is 5.65 Å². The molecule has 0 fully saturated rings. The van der Waals surface area contributed by atoms with Gasteiger partial charge in [-0.2, -0.15) is 0 Å². The molecule has 3 heterocycles. The van der Waals surface area contributed by atoms with Gasteiger partial charge in [-0.25, -0.2) is 9.50 Å². The third-order valence-corrected chi connectivity index (χ3v) is 4.83. The summed E-state index contributed by atoms with van der Waals surface area (Å²) in [7, 11) is 1.68. The second kappa shape index (κ2) is 6.37. The molecule has 6 nitrogen and oxygen atoms in total. The van der Waals surface area contributed by atoms with E-state index in [-0.39, 0.29) is 5.56 Å². The molecule has 1 aromatic carbocycles. The number of nitrogens with zero attached hydrogens (tertiary/aromatic N) is 3. The number of hydrogen-bond acceptors (Lipinski definition) is 4. The van der Waals surface area contributed by atoms with E-state index in [9.17, 15) is 4.79 Å². The van der Waals surface area contributed by atoms with E-state index in [1.54, 1.807) is 11.6 Å². The lowest BCUT2D eigenvalue weighted by Crippen LogP contribution is -2.26. The van der Waals surface area contributed by atoms with E-state index in [1.165, 1.54) is 5.56 Å². The van der Waals surface area contributed by atoms with Gasteiger partial charge in [0.2, 0.25) is 0 Å². The number of methoxy groups -OCH3 is 1. The first-order valence-corrected chi connectivity index (χ1v) is 8.59. The minimum atomic E-state index is 0.0411. The Hall–Kier alpha value is -2.60. The fourth-order valence-electron chi connectivity index (χ4n) is 3.48. The highest BCUT2D eigenvalue weighted by atomic mass is 16.5. The molecule has 0 radical (unpaired) electrons. The molecule has 0 saturated carbocycles. The summed E-state index contributed by atoms with van der Waals surface area (Å²) >= 11 is 0. The number of fused-ring (bicyclic) bond motifs is 2. The topological polar surface area (TPSA) is 62.6 Å². The molecular weight excluding hydrogens is 316 g/mol. The smallest absolute Gasteiger partial charge is 0.276 e. The molecule has 6 heteroatoms. The minimum Gasteiger partial charge on any atom is -0.497 e. The molecule has 1 aliphatic heterocycles. The maximum Gasteiger partial charge on any atom is 0.276 e. The average molecular weight is 338 g/mol. The van der Waals surface area contributed by atoms with Crippen molar-refractivity contribution in [1.82, 2.24) is 19.5 Å². The van der Waals surface area contributed by atoms with Gasteiger partial charge in [-0.3, -0.25) is 14.8 Å². The van der Waals surface area contributed by atoms with Crippen LogP contribution in [0.5, 0.6) is 5.75 Å². The highest BCUT2D eigenvalue weighted by Crippen LogP contribution is 2.17. The van der Waals surface area contributed by atoms with Gasteiger partial charge in [0.05, 0.1) is 12.8 Å². The number of benzene rings is 1. The molecule has 0 saturated heterocycles. The molecule has 0 unspecified atom stereocenters. The number of aryl methyl sites for hydroxylation is 1. The molecule has 3 aromatic rings. The molecule has 0 amide bonds. The van der Waals surface area contributed by atoms with Crippen LogP contribution in [0, 0.1) is 6.92 Å². The second-order valence-corrected chi connectivity index (χ2v) is 6.60. The van der Waals surface area contributed by atoms with Gasteiger partial charge in [0.15, 0.2) is 5.65 Å². The number of nitrogens with one attached hydrogen (secondary N) is 1. The molecule has 0 aliphatic carbocycles. The van der Waals surface area contributed by atoms with E-state index in [2.05, 4.69) is 22.1 Å². The fourth-order valence-corrected chi connectivity index (χ4v) is 3.48. The Morgan fingerprint density at radius 2 is 1.96 bits per heavy atom. The molecule has 0 atom stereocenters. The van der Waals surface area contributed by atoms with Gasteiger partial charge in [-0.1, -0.05) is 12.1 Å². The van der Waals surface area contributed by atoms with Crippen molar-refractivity contribution in [2.75, 3.05) is 20.2 Å². The second-order valence-electron chi connectivity index (χ2n) is 6.60. The van der Waals surface area contributed by atoms with Crippen LogP contribution in [0.15, 0.2) is 35.1 Å². The van der Waals surface area contributed by atoms with E-state index in [4.69, 9.17) is 9.72 Å². The van der Waals surface area contributed by atoms with Crippen molar-refractivity contribution >= 4 is 5.65 Å². The van der Waals surface area contributed by atoms with Crippen molar-refractivity contribution in [1.29, 1.82) is 0 Å². The maximum absolute atomic E-state index is 12.7. The van der Waals surface area contributed by atoms with Crippen LogP contribution in [0.2, 0.25) is 0 Å². The average Bonchev–Trinajstić information content (AvgIpc) is 2.87. The Morgan fingerprint density at radius 1 is 1.20 bits per heavy atom. The van der Waals surface area contributed by atoms with Crippen LogP contribution in [-0.2, 0) is 19.4 Å². The van der Waals surface area contributed by atoms with Crippen molar-refractivity contribution in [3.8, 4) is 5.75 Å². The number of aromatic amines is 1. The summed E-state index contributed by atoms with van der Waals surface area (Å²) < 4.78 is 6.77. The van der Waals surface area contributed by atoms with Crippen molar-refractivity contribution in [2.45, 2.75) is 26.3 Å². The zero-order valence-electron chi connectivity index (χ0n) is 14.6. The van der Waals surface area contributed by atoms with Crippen LogP contribution in [-0.4, -0.2) is 39.7 Å². The molecular formula is C19H22N4O2. The number of H-pyrrole nitrogens is 1. The van der Waals surface area contributed by atoms with Gasteiger partial charge >= 0.3 is 0 Å². The first kappa shape index (κ1) is 15.9. The van der Waals surface area contributed by atoms with E-state index in [0.717, 1.165) is 55.2 Å². The normalized spacial score (nSPS) is 15.1. The first-order chi connectivity index (χ1) is 12.1. The molecule has 1 aliphatic rings. The van der Waals surface area contributed by atoms with Crippen LogP contribution in [0.3, 0.4) is 0 Å². The predicted octanol–water partition coefficient (Wildman–Crippen LogP) is 1.94. The largest absolute Gasteiger partial charge is 0.497 e. The van der Waals surface area contributed by atoms with Crippen LogP contribution >= 0.6 is 0 Å². The summed E-state index contributed by atoms with van der Waals surface area (Å²) in [5.41, 5.74) is 4.74. The summed E-state index contributed by atoms with van der Waals surface area (Å²) in [6.07, 6.45) is 1.54. The predicted molar refractivity (Wildman–Crippen MR) is 96.2 cm³/mol. The number of hydrogen-bond donors (Lipinski definition) is 1. The zero-order chi connectivity index (χ0) is 17.4. The Kier molecular flexibility index (Phi) is 4.05. The van der Waals surface area contributed by atoms with Crippen LogP contribution < -0.4 is 10.3 Å². The summed E-state index contributed by atoms with van der Waals surface area (Å²) in [6.45, 7) is 4.58. The van der Waals surface area contributed by atoms with Gasteiger partial charge in [0, 0.05) is 43.4 Å². The van der Waals surface area contributed by atoms with Crippen molar-refractivity contribution in [3.05, 3.63) is 63.2 Å². The van der Waals surface area contributed by atoms with E-state index in [1.807, 2.05) is 25.1 Å². The fraction of sp³-hybridized carbons (Fsp3) is 0.368. The highest BCUT2D eigenvalue weighted by molar-refractivity contribution is 5.42. The number of rotatable bonds is 3. The number of ether oxygens (including phenoxy) is 1. The number of aromatic nitrogens is 3. The third-order valence-electron chi connectivity index (χ3n) is 4.83. The van der Waals surface area contributed by atoms with Crippen molar-refractivity contribution in [2.24, 2.45) is 0 Å². The van der Waals surface area contributed by atoms with Crippen molar-refractivity contribution in [3.63, 3.8) is 0 Å². The molecule has 0 bridgehead atoms. The lowest BCUT2D eigenvalue weighted by molar-refractivity contribution is 0.278. The van der Waals surface area contributed by atoms with Gasteiger partial charge in [0.25, 0.3) is 5.56 Å².